The topological polar surface area (TPSA) is 92.7 Å². The monoisotopic (exact) mass is 373 g/mol. The van der Waals surface area contributed by atoms with Gasteiger partial charge in [-0.1, -0.05) is 36.4 Å². The summed E-state index contributed by atoms with van der Waals surface area (Å²) in [5, 5.41) is 14.8. The Kier molecular flexibility index (Phi) is 4.49. The van der Waals surface area contributed by atoms with Crippen LogP contribution in [0.1, 0.15) is 27.4 Å². The summed E-state index contributed by atoms with van der Waals surface area (Å²) in [5.41, 5.74) is 3.60. The molecule has 0 saturated heterocycles. The molecule has 2 aromatic carbocycles. The fourth-order valence-corrected chi connectivity index (χ4v) is 3.29. The molecule has 0 unspecified atom stereocenters. The third-order valence-corrected chi connectivity index (χ3v) is 4.78. The molecular formula is C21H19N5O2. The minimum Gasteiger partial charge on any atom is -0.346 e. The summed E-state index contributed by atoms with van der Waals surface area (Å²) < 4.78 is 1.87. The molecule has 0 aliphatic carbocycles. The Bertz CT molecular complexity index is 1220. The van der Waals surface area contributed by atoms with Crippen LogP contribution in [0.25, 0.3) is 16.5 Å². The summed E-state index contributed by atoms with van der Waals surface area (Å²) >= 11 is 0. The lowest BCUT2D eigenvalue weighted by Gasteiger charge is -2.08. The lowest BCUT2D eigenvalue weighted by atomic mass is 10.1. The number of hydrogen-bond donors (Lipinski definition) is 2. The average Bonchev–Trinajstić information content (AvgIpc) is 3.01. The molecule has 140 valence electrons. The third-order valence-electron chi connectivity index (χ3n) is 4.78. The number of para-hydroxylation sites is 1. The van der Waals surface area contributed by atoms with Crippen molar-refractivity contribution in [3.63, 3.8) is 0 Å². The molecular weight excluding hydrogens is 354 g/mol. The van der Waals surface area contributed by atoms with Gasteiger partial charge in [-0.25, -0.2) is 9.78 Å². The summed E-state index contributed by atoms with van der Waals surface area (Å²) in [4.78, 5) is 24.6. The van der Waals surface area contributed by atoms with Crippen molar-refractivity contribution in [1.29, 1.82) is 0 Å². The number of amides is 1. The predicted octanol–water partition coefficient (Wildman–Crippen LogP) is 2.66. The second kappa shape index (κ2) is 7.11. The van der Waals surface area contributed by atoms with E-state index in [1.165, 1.54) is 0 Å². The molecule has 2 N–H and O–H groups in total. The Balaban J connectivity index is 1.61. The molecule has 7 heteroatoms. The second-order valence-corrected chi connectivity index (χ2v) is 6.53. The highest BCUT2D eigenvalue weighted by atomic mass is 16.2. The van der Waals surface area contributed by atoms with E-state index in [-0.39, 0.29) is 17.2 Å². The zero-order valence-corrected chi connectivity index (χ0v) is 15.6. The number of hydrogen-bond acceptors (Lipinski definition) is 4. The van der Waals surface area contributed by atoms with Gasteiger partial charge in [0.2, 0.25) is 0 Å². The van der Waals surface area contributed by atoms with Gasteiger partial charge in [0, 0.05) is 23.2 Å². The molecule has 0 aliphatic rings. The third kappa shape index (κ3) is 3.07. The number of fused-ring (bicyclic) bond motifs is 1. The van der Waals surface area contributed by atoms with E-state index >= 15 is 0 Å². The lowest BCUT2D eigenvalue weighted by Crippen LogP contribution is -2.26. The highest BCUT2D eigenvalue weighted by Gasteiger charge is 2.17. The first-order valence-electron chi connectivity index (χ1n) is 8.92. The average molecular weight is 373 g/mol. The summed E-state index contributed by atoms with van der Waals surface area (Å²) in [6.45, 7) is 4.21. The number of carbonyl (C=O) groups excluding carboxylic acids is 1. The van der Waals surface area contributed by atoms with E-state index in [1.807, 2.05) is 48.9 Å². The van der Waals surface area contributed by atoms with Crippen LogP contribution in [0.3, 0.4) is 0 Å². The molecule has 0 fully saturated rings. The SMILES string of the molecule is Cc1nn(-c2ccccc2)c(C)c1CNC(=O)c1n[nH]c(=O)c2ccccc12. The number of rotatable bonds is 4. The van der Waals surface area contributed by atoms with Crippen molar-refractivity contribution in [1.82, 2.24) is 25.3 Å². The number of aromatic amines is 1. The van der Waals surface area contributed by atoms with E-state index in [1.54, 1.807) is 24.3 Å². The van der Waals surface area contributed by atoms with Gasteiger partial charge in [-0.2, -0.15) is 10.2 Å². The van der Waals surface area contributed by atoms with Crippen molar-refractivity contribution in [2.75, 3.05) is 0 Å². The molecule has 0 spiro atoms. The van der Waals surface area contributed by atoms with Crippen LogP contribution in [0.5, 0.6) is 0 Å². The normalized spacial score (nSPS) is 10.9. The molecule has 7 nitrogen and oxygen atoms in total. The van der Waals surface area contributed by atoms with Crippen molar-refractivity contribution < 1.29 is 4.79 Å². The van der Waals surface area contributed by atoms with Gasteiger partial charge in [0.15, 0.2) is 5.69 Å². The first-order valence-corrected chi connectivity index (χ1v) is 8.92. The van der Waals surface area contributed by atoms with Gasteiger partial charge in [-0.15, -0.1) is 0 Å². The standard InChI is InChI=1S/C21H19N5O2/c1-13-18(14(2)26(25-13)15-8-4-3-5-9-15)12-22-21(28)19-16-10-6-7-11-17(16)20(27)24-23-19/h3-11H,12H2,1-2H3,(H,22,28)(H,24,27). The van der Waals surface area contributed by atoms with Crippen LogP contribution in [0.4, 0.5) is 0 Å². The molecule has 2 aromatic heterocycles. The summed E-state index contributed by atoms with van der Waals surface area (Å²) in [6.07, 6.45) is 0. The molecule has 0 aliphatic heterocycles. The molecule has 0 bridgehead atoms. The quantitative estimate of drug-likeness (QED) is 0.575. The van der Waals surface area contributed by atoms with E-state index in [9.17, 15) is 9.59 Å². The van der Waals surface area contributed by atoms with Crippen molar-refractivity contribution in [2.45, 2.75) is 20.4 Å². The summed E-state index contributed by atoms with van der Waals surface area (Å²) in [6, 6.07) is 16.8. The minimum atomic E-state index is -0.348. The Morgan fingerprint density at radius 2 is 1.71 bits per heavy atom. The van der Waals surface area contributed by atoms with E-state index in [4.69, 9.17) is 0 Å². The number of nitrogens with zero attached hydrogens (tertiary/aromatic N) is 3. The Labute approximate surface area is 161 Å². The molecule has 0 radical (unpaired) electrons. The van der Waals surface area contributed by atoms with E-state index < -0.39 is 0 Å². The van der Waals surface area contributed by atoms with Crippen LogP contribution in [0.2, 0.25) is 0 Å². The number of aromatic nitrogens is 4. The highest BCUT2D eigenvalue weighted by molar-refractivity contribution is 6.04. The van der Waals surface area contributed by atoms with Crippen molar-refractivity contribution >= 4 is 16.7 Å². The zero-order chi connectivity index (χ0) is 19.7. The lowest BCUT2D eigenvalue weighted by molar-refractivity contribution is 0.0946. The van der Waals surface area contributed by atoms with Crippen LogP contribution in [0.15, 0.2) is 59.4 Å². The van der Waals surface area contributed by atoms with Crippen molar-refractivity contribution in [3.8, 4) is 5.69 Å². The van der Waals surface area contributed by atoms with Gasteiger partial charge in [-0.3, -0.25) is 9.59 Å². The van der Waals surface area contributed by atoms with Crippen molar-refractivity contribution in [2.24, 2.45) is 0 Å². The largest absolute Gasteiger partial charge is 0.346 e. The highest BCUT2D eigenvalue weighted by Crippen LogP contribution is 2.18. The molecule has 2 heterocycles. The Morgan fingerprint density at radius 3 is 2.46 bits per heavy atom. The predicted molar refractivity (Wildman–Crippen MR) is 107 cm³/mol. The zero-order valence-electron chi connectivity index (χ0n) is 15.6. The number of H-pyrrole nitrogens is 1. The summed E-state index contributed by atoms with van der Waals surface area (Å²) in [5.74, 6) is -0.348. The van der Waals surface area contributed by atoms with Crippen LogP contribution in [-0.4, -0.2) is 25.9 Å². The smallest absolute Gasteiger partial charge is 0.272 e. The number of aryl methyl sites for hydroxylation is 1. The maximum atomic E-state index is 12.7. The number of carbonyl (C=O) groups is 1. The molecule has 0 atom stereocenters. The van der Waals surface area contributed by atoms with E-state index in [0.29, 0.717) is 17.3 Å². The maximum absolute atomic E-state index is 12.7. The van der Waals surface area contributed by atoms with Crippen LogP contribution >= 0.6 is 0 Å². The van der Waals surface area contributed by atoms with Gasteiger partial charge in [0.25, 0.3) is 11.5 Å². The first-order chi connectivity index (χ1) is 13.6. The van der Waals surface area contributed by atoms with Crippen LogP contribution in [-0.2, 0) is 6.54 Å². The van der Waals surface area contributed by atoms with E-state index in [0.717, 1.165) is 22.6 Å². The fourth-order valence-electron chi connectivity index (χ4n) is 3.29. The van der Waals surface area contributed by atoms with Gasteiger partial charge >= 0.3 is 0 Å². The second-order valence-electron chi connectivity index (χ2n) is 6.53. The first kappa shape index (κ1) is 17.7. The summed E-state index contributed by atoms with van der Waals surface area (Å²) in [7, 11) is 0. The Hall–Kier alpha value is -3.74. The van der Waals surface area contributed by atoms with Gasteiger partial charge in [0.1, 0.15) is 0 Å². The molecule has 28 heavy (non-hydrogen) atoms. The fraction of sp³-hybridized carbons (Fsp3) is 0.143. The molecule has 4 aromatic rings. The molecule has 4 rings (SSSR count). The minimum absolute atomic E-state index is 0.195. The number of nitrogens with one attached hydrogen (secondary N) is 2. The molecule has 1 amide bonds. The Morgan fingerprint density at radius 1 is 1.04 bits per heavy atom. The van der Waals surface area contributed by atoms with Crippen LogP contribution < -0.4 is 10.9 Å². The van der Waals surface area contributed by atoms with Gasteiger partial charge < -0.3 is 5.32 Å². The van der Waals surface area contributed by atoms with E-state index in [2.05, 4.69) is 20.6 Å². The van der Waals surface area contributed by atoms with Gasteiger partial charge in [0.05, 0.1) is 16.8 Å². The van der Waals surface area contributed by atoms with Crippen molar-refractivity contribution in [3.05, 3.63) is 87.6 Å². The maximum Gasteiger partial charge on any atom is 0.272 e. The number of benzene rings is 2. The van der Waals surface area contributed by atoms with Gasteiger partial charge in [-0.05, 0) is 32.0 Å². The molecule has 0 saturated carbocycles. The van der Waals surface area contributed by atoms with Crippen LogP contribution in [0, 0.1) is 13.8 Å².